The first-order valence-corrected chi connectivity index (χ1v) is 11.5. The molecule has 0 aliphatic carbocycles. The lowest BCUT2D eigenvalue weighted by molar-refractivity contribution is 0.102. The fraction of sp³-hybridized carbons (Fsp3) is 0.481. The van der Waals surface area contributed by atoms with E-state index in [4.69, 9.17) is 18.9 Å². The molecule has 0 unspecified atom stereocenters. The van der Waals surface area contributed by atoms with E-state index in [0.29, 0.717) is 11.5 Å². The summed E-state index contributed by atoms with van der Waals surface area (Å²) >= 11 is 0. The van der Waals surface area contributed by atoms with Gasteiger partial charge in [-0.1, -0.05) is 65.8 Å². The zero-order valence-corrected chi connectivity index (χ0v) is 21.0. The zero-order chi connectivity index (χ0) is 24.8. The fourth-order valence-corrected chi connectivity index (χ4v) is 3.60. The van der Waals surface area contributed by atoms with E-state index < -0.39 is 12.3 Å². The number of carbonyl (C=O) groups is 2. The monoisotopic (exact) mass is 456 g/mol. The third kappa shape index (κ3) is 6.50. The Labute approximate surface area is 197 Å². The molecule has 0 aliphatic rings. The Morgan fingerprint density at radius 2 is 1.09 bits per heavy atom. The van der Waals surface area contributed by atoms with Gasteiger partial charge in [0.1, 0.15) is 11.5 Å². The average Bonchev–Trinajstić information content (AvgIpc) is 2.74. The molecule has 33 heavy (non-hydrogen) atoms. The van der Waals surface area contributed by atoms with Gasteiger partial charge in [0.2, 0.25) is 0 Å². The molecule has 0 aromatic heterocycles. The van der Waals surface area contributed by atoms with Gasteiger partial charge in [0.15, 0.2) is 0 Å². The third-order valence-electron chi connectivity index (χ3n) is 5.62. The topological polar surface area (TPSA) is 71.1 Å². The summed E-state index contributed by atoms with van der Waals surface area (Å²) in [5.74, 6) is 1.31. The number of rotatable bonds is 8. The molecule has 0 atom stereocenters. The van der Waals surface area contributed by atoms with Crippen LogP contribution in [0.5, 0.6) is 11.5 Å². The van der Waals surface area contributed by atoms with E-state index in [1.165, 1.54) is 0 Å². The van der Waals surface area contributed by atoms with Crippen molar-refractivity contribution in [1.82, 2.24) is 0 Å². The molecule has 0 amide bonds. The molecule has 0 aliphatic heterocycles. The maximum Gasteiger partial charge on any atom is 0.513 e. The van der Waals surface area contributed by atoms with E-state index in [1.54, 1.807) is 13.8 Å². The van der Waals surface area contributed by atoms with Crippen molar-refractivity contribution in [3.63, 3.8) is 0 Å². The molecular weight excluding hydrogens is 420 g/mol. The van der Waals surface area contributed by atoms with Crippen LogP contribution >= 0.6 is 0 Å². The van der Waals surface area contributed by atoms with E-state index >= 15 is 0 Å². The predicted octanol–water partition coefficient (Wildman–Crippen LogP) is 7.33. The smallest absolute Gasteiger partial charge is 0.434 e. The summed E-state index contributed by atoms with van der Waals surface area (Å²) < 4.78 is 20.7. The Bertz CT molecular complexity index is 897. The van der Waals surface area contributed by atoms with Crippen molar-refractivity contribution >= 4 is 12.3 Å². The Kier molecular flexibility index (Phi) is 8.91. The number of hydrogen-bond donors (Lipinski definition) is 0. The lowest BCUT2D eigenvalue weighted by Crippen LogP contribution is -2.21. The highest BCUT2D eigenvalue weighted by molar-refractivity contribution is 5.66. The van der Waals surface area contributed by atoms with Crippen LogP contribution in [-0.2, 0) is 14.9 Å². The molecule has 0 spiro atoms. The summed E-state index contributed by atoms with van der Waals surface area (Å²) in [6, 6.07) is 11.8. The minimum absolute atomic E-state index is 0.150. The molecule has 2 rings (SSSR count). The van der Waals surface area contributed by atoms with Gasteiger partial charge in [-0.05, 0) is 60.1 Å². The van der Waals surface area contributed by atoms with Crippen LogP contribution in [0.4, 0.5) is 9.59 Å². The minimum atomic E-state index is -0.704. The van der Waals surface area contributed by atoms with Gasteiger partial charge in [-0.3, -0.25) is 0 Å². The Balaban J connectivity index is 2.45. The second kappa shape index (κ2) is 11.2. The summed E-state index contributed by atoms with van der Waals surface area (Å²) in [5.41, 5.74) is 3.67. The molecule has 0 N–H and O–H groups in total. The largest absolute Gasteiger partial charge is 0.513 e. The fourth-order valence-electron chi connectivity index (χ4n) is 3.60. The first-order valence-electron chi connectivity index (χ1n) is 11.5. The van der Waals surface area contributed by atoms with Gasteiger partial charge in [0.05, 0.1) is 13.2 Å². The Hall–Kier alpha value is -3.02. The molecule has 6 heteroatoms. The van der Waals surface area contributed by atoms with E-state index in [1.807, 2.05) is 24.3 Å². The van der Waals surface area contributed by atoms with Gasteiger partial charge in [0, 0.05) is 5.41 Å². The molecule has 180 valence electrons. The molecule has 2 aromatic carbocycles. The van der Waals surface area contributed by atoms with E-state index in [-0.39, 0.29) is 30.5 Å². The lowest BCUT2D eigenvalue weighted by Gasteiger charge is -2.29. The average molecular weight is 457 g/mol. The maximum absolute atomic E-state index is 11.9. The molecule has 0 fully saturated rings. The Morgan fingerprint density at radius 3 is 1.39 bits per heavy atom. The van der Waals surface area contributed by atoms with Crippen LogP contribution in [0.1, 0.15) is 89.5 Å². The number of carbonyl (C=O) groups excluding carboxylic acids is 2. The van der Waals surface area contributed by atoms with E-state index in [9.17, 15) is 9.59 Å². The van der Waals surface area contributed by atoms with Crippen LogP contribution in [0.3, 0.4) is 0 Å². The predicted molar refractivity (Wildman–Crippen MR) is 128 cm³/mol. The Morgan fingerprint density at radius 1 is 0.727 bits per heavy atom. The van der Waals surface area contributed by atoms with Gasteiger partial charge in [-0.15, -0.1) is 0 Å². The van der Waals surface area contributed by atoms with Gasteiger partial charge >= 0.3 is 12.3 Å². The highest BCUT2D eigenvalue weighted by Gasteiger charge is 2.27. The number of hydrogen-bond acceptors (Lipinski definition) is 6. The summed E-state index contributed by atoms with van der Waals surface area (Å²) in [6.45, 7) is 16.5. The highest BCUT2D eigenvalue weighted by atomic mass is 16.7. The second-order valence-electron chi connectivity index (χ2n) is 9.01. The van der Waals surface area contributed by atoms with Gasteiger partial charge in [-0.2, -0.15) is 0 Å². The first kappa shape index (κ1) is 26.2. The van der Waals surface area contributed by atoms with E-state index in [0.717, 1.165) is 22.3 Å². The van der Waals surface area contributed by atoms with Crippen molar-refractivity contribution in [2.45, 2.75) is 72.6 Å². The molecule has 2 aromatic rings. The standard InChI is InChI=1S/C27H36O6/c1-9-30-25(28)32-23-13-11-19(15-21(23)17(3)4)27(7,8)20-12-14-24(22(16-20)18(5)6)33-26(29)31-10-2/h11-18H,9-10H2,1-8H3. The molecule has 0 saturated carbocycles. The highest BCUT2D eigenvalue weighted by Crippen LogP contribution is 2.39. The molecule has 0 heterocycles. The summed E-state index contributed by atoms with van der Waals surface area (Å²) in [5, 5.41) is 0. The number of benzene rings is 2. The number of ether oxygens (including phenoxy) is 4. The molecule has 0 bridgehead atoms. The van der Waals surface area contributed by atoms with Crippen molar-refractivity contribution in [2.24, 2.45) is 0 Å². The molecule has 0 saturated heterocycles. The van der Waals surface area contributed by atoms with Crippen molar-refractivity contribution < 1.29 is 28.5 Å². The summed E-state index contributed by atoms with van der Waals surface area (Å²) in [7, 11) is 0. The SMILES string of the molecule is CCOC(=O)Oc1ccc(C(C)(C)c2ccc(OC(=O)OCC)c(C(C)C)c2)cc1C(C)C. The van der Waals surface area contributed by atoms with Crippen molar-refractivity contribution in [2.75, 3.05) is 13.2 Å². The van der Waals surface area contributed by atoms with E-state index in [2.05, 4.69) is 53.7 Å². The summed E-state index contributed by atoms with van der Waals surface area (Å²) in [4.78, 5) is 23.7. The molecular formula is C27H36O6. The van der Waals surface area contributed by atoms with Crippen LogP contribution in [0.2, 0.25) is 0 Å². The van der Waals surface area contributed by atoms with Crippen LogP contribution < -0.4 is 9.47 Å². The van der Waals surface area contributed by atoms with Gasteiger partial charge in [0.25, 0.3) is 0 Å². The van der Waals surface area contributed by atoms with Crippen LogP contribution in [-0.4, -0.2) is 25.5 Å². The van der Waals surface area contributed by atoms with Crippen molar-refractivity contribution in [1.29, 1.82) is 0 Å². The lowest BCUT2D eigenvalue weighted by atomic mass is 9.76. The summed E-state index contributed by atoms with van der Waals surface area (Å²) in [6.07, 6.45) is -1.41. The zero-order valence-electron chi connectivity index (χ0n) is 21.0. The van der Waals surface area contributed by atoms with Crippen molar-refractivity contribution in [3.8, 4) is 11.5 Å². The van der Waals surface area contributed by atoms with Crippen LogP contribution in [0.25, 0.3) is 0 Å². The maximum atomic E-state index is 11.9. The molecule has 0 radical (unpaired) electrons. The first-order chi connectivity index (χ1) is 15.5. The normalized spacial score (nSPS) is 11.5. The third-order valence-corrected chi connectivity index (χ3v) is 5.62. The quantitative estimate of drug-likeness (QED) is 0.306. The van der Waals surface area contributed by atoms with Crippen molar-refractivity contribution in [3.05, 3.63) is 58.7 Å². The van der Waals surface area contributed by atoms with Gasteiger partial charge in [-0.25, -0.2) is 9.59 Å². The minimum Gasteiger partial charge on any atom is -0.434 e. The molecule has 6 nitrogen and oxygen atoms in total. The van der Waals surface area contributed by atoms with Gasteiger partial charge < -0.3 is 18.9 Å². The van der Waals surface area contributed by atoms with Crippen LogP contribution in [0, 0.1) is 0 Å². The van der Waals surface area contributed by atoms with Crippen LogP contribution in [0.15, 0.2) is 36.4 Å². The second-order valence-corrected chi connectivity index (χ2v) is 9.01.